The Hall–Kier alpha value is -4.35. The Labute approximate surface area is 236 Å². The number of hydrogen-bond acceptors (Lipinski definition) is 5. The molecular weight excluding hydrogens is 559 g/mol. The maximum Gasteiger partial charge on any atom is 0.418 e. The van der Waals surface area contributed by atoms with Crippen LogP contribution in [0.25, 0.3) is 6.08 Å². The SMILES string of the molecule is O=C(CSc1cccc(NC(=O)/C(=C/c2cccs2)NC(=O)c2ccccc2)c1)Nc1ccccc1C(F)(F)F. The second-order valence-electron chi connectivity index (χ2n) is 8.26. The summed E-state index contributed by atoms with van der Waals surface area (Å²) in [5.41, 5.74) is -0.407. The highest BCUT2D eigenvalue weighted by Crippen LogP contribution is 2.34. The first-order chi connectivity index (χ1) is 19.2. The van der Waals surface area contributed by atoms with Crippen molar-refractivity contribution in [2.75, 3.05) is 16.4 Å². The number of anilines is 2. The highest BCUT2D eigenvalue weighted by Gasteiger charge is 2.33. The molecule has 0 unspecified atom stereocenters. The summed E-state index contributed by atoms with van der Waals surface area (Å²) in [5, 5.41) is 9.56. The fourth-order valence-corrected chi connectivity index (χ4v) is 4.91. The molecule has 0 fully saturated rings. The summed E-state index contributed by atoms with van der Waals surface area (Å²) in [5.74, 6) is -1.76. The lowest BCUT2D eigenvalue weighted by Crippen LogP contribution is -2.30. The van der Waals surface area contributed by atoms with Gasteiger partial charge in [0.2, 0.25) is 5.91 Å². The van der Waals surface area contributed by atoms with Gasteiger partial charge in [0.25, 0.3) is 11.8 Å². The zero-order valence-corrected chi connectivity index (χ0v) is 22.3. The molecule has 0 saturated carbocycles. The minimum atomic E-state index is -4.60. The average Bonchev–Trinajstić information content (AvgIpc) is 3.45. The van der Waals surface area contributed by atoms with E-state index in [4.69, 9.17) is 0 Å². The van der Waals surface area contributed by atoms with Crippen molar-refractivity contribution in [1.29, 1.82) is 0 Å². The van der Waals surface area contributed by atoms with Crippen LogP contribution in [0.4, 0.5) is 24.5 Å². The standard InChI is InChI=1S/C29H22F3N3O3S2/c30-29(31,32)23-13-4-5-14-24(23)34-26(36)18-40-21-11-6-10-20(16-21)33-28(38)25(17-22-12-7-15-39-22)35-27(37)19-8-2-1-3-9-19/h1-17H,18H2,(H,33,38)(H,34,36)(H,35,37)/b25-17-. The number of nitrogens with one attached hydrogen (secondary N) is 3. The molecule has 0 bridgehead atoms. The van der Waals surface area contributed by atoms with Crippen LogP contribution in [0.3, 0.4) is 0 Å². The zero-order chi connectivity index (χ0) is 28.5. The van der Waals surface area contributed by atoms with Crippen molar-refractivity contribution in [2.24, 2.45) is 0 Å². The molecule has 0 saturated heterocycles. The van der Waals surface area contributed by atoms with E-state index >= 15 is 0 Å². The number of alkyl halides is 3. The predicted molar refractivity (Wildman–Crippen MR) is 152 cm³/mol. The smallest absolute Gasteiger partial charge is 0.325 e. The van der Waals surface area contributed by atoms with E-state index in [0.717, 1.165) is 22.7 Å². The molecule has 40 heavy (non-hydrogen) atoms. The number of carbonyl (C=O) groups excluding carboxylic acids is 3. The zero-order valence-electron chi connectivity index (χ0n) is 20.7. The van der Waals surface area contributed by atoms with Crippen molar-refractivity contribution in [1.82, 2.24) is 5.32 Å². The van der Waals surface area contributed by atoms with E-state index in [-0.39, 0.29) is 17.1 Å². The van der Waals surface area contributed by atoms with E-state index in [9.17, 15) is 27.6 Å². The molecule has 4 rings (SSSR count). The van der Waals surface area contributed by atoms with Crippen LogP contribution in [0.2, 0.25) is 0 Å². The van der Waals surface area contributed by atoms with Gasteiger partial charge in [-0.25, -0.2) is 0 Å². The van der Waals surface area contributed by atoms with Gasteiger partial charge in [-0.05, 0) is 60.0 Å². The normalized spacial score (nSPS) is 11.5. The highest BCUT2D eigenvalue weighted by atomic mass is 32.2. The summed E-state index contributed by atoms with van der Waals surface area (Å²) in [6.45, 7) is 0. The molecule has 6 nitrogen and oxygen atoms in total. The molecule has 11 heteroatoms. The number of halogens is 3. The molecule has 4 aromatic rings. The van der Waals surface area contributed by atoms with Gasteiger partial charge in [-0.1, -0.05) is 42.5 Å². The highest BCUT2D eigenvalue weighted by molar-refractivity contribution is 8.00. The first kappa shape index (κ1) is 28.7. The number of rotatable bonds is 9. The molecule has 1 heterocycles. The fourth-order valence-electron chi connectivity index (χ4n) is 3.49. The van der Waals surface area contributed by atoms with Gasteiger partial charge in [0.05, 0.1) is 17.0 Å². The molecule has 0 spiro atoms. The van der Waals surface area contributed by atoms with Gasteiger partial charge in [-0.3, -0.25) is 14.4 Å². The van der Waals surface area contributed by atoms with Crippen LogP contribution in [0, 0.1) is 0 Å². The molecule has 204 valence electrons. The molecule has 0 radical (unpaired) electrons. The first-order valence-electron chi connectivity index (χ1n) is 11.8. The number of hydrogen-bond donors (Lipinski definition) is 3. The summed E-state index contributed by atoms with van der Waals surface area (Å²) >= 11 is 2.50. The Balaban J connectivity index is 1.41. The molecule has 3 N–H and O–H groups in total. The minimum absolute atomic E-state index is 0.0390. The Bertz CT molecular complexity index is 1520. The maximum atomic E-state index is 13.2. The van der Waals surface area contributed by atoms with Crippen molar-refractivity contribution < 1.29 is 27.6 Å². The van der Waals surface area contributed by atoms with Gasteiger partial charge >= 0.3 is 6.18 Å². The van der Waals surface area contributed by atoms with Crippen molar-refractivity contribution in [3.05, 3.63) is 118 Å². The summed E-state index contributed by atoms with van der Waals surface area (Å²) in [4.78, 5) is 39.6. The lowest BCUT2D eigenvalue weighted by Gasteiger charge is -2.13. The van der Waals surface area contributed by atoms with Gasteiger partial charge in [0.15, 0.2) is 0 Å². The third-order valence-electron chi connectivity index (χ3n) is 5.33. The van der Waals surface area contributed by atoms with E-state index in [1.165, 1.54) is 29.5 Å². The van der Waals surface area contributed by atoms with Gasteiger partial charge < -0.3 is 16.0 Å². The van der Waals surface area contributed by atoms with Gasteiger partial charge in [0.1, 0.15) is 5.70 Å². The quantitative estimate of drug-likeness (QED) is 0.148. The number of benzene rings is 3. The van der Waals surface area contributed by atoms with Crippen molar-refractivity contribution in [3.8, 4) is 0 Å². The summed E-state index contributed by atoms with van der Waals surface area (Å²) in [6, 6.07) is 23.5. The number of para-hydroxylation sites is 1. The van der Waals surface area contributed by atoms with Gasteiger partial charge in [0, 0.05) is 21.0 Å². The lowest BCUT2D eigenvalue weighted by atomic mass is 10.1. The molecule has 3 amide bonds. The second-order valence-corrected chi connectivity index (χ2v) is 10.3. The minimum Gasteiger partial charge on any atom is -0.325 e. The summed E-state index contributed by atoms with van der Waals surface area (Å²) in [7, 11) is 0. The van der Waals surface area contributed by atoms with Crippen molar-refractivity contribution in [3.63, 3.8) is 0 Å². The van der Waals surface area contributed by atoms with E-state index in [1.54, 1.807) is 60.7 Å². The third kappa shape index (κ3) is 8.08. The molecule has 1 aromatic heterocycles. The van der Waals surface area contributed by atoms with E-state index in [2.05, 4.69) is 16.0 Å². The Kier molecular flexibility index (Phi) is 9.41. The van der Waals surface area contributed by atoms with Crippen LogP contribution in [0.5, 0.6) is 0 Å². The van der Waals surface area contributed by atoms with Crippen molar-refractivity contribution in [2.45, 2.75) is 11.1 Å². The largest absolute Gasteiger partial charge is 0.418 e. The van der Waals surface area contributed by atoms with Gasteiger partial charge in [-0.2, -0.15) is 13.2 Å². The number of amides is 3. The topological polar surface area (TPSA) is 87.3 Å². The second kappa shape index (κ2) is 13.1. The van der Waals surface area contributed by atoms with E-state index in [0.29, 0.717) is 16.1 Å². The molecular formula is C29H22F3N3O3S2. The maximum absolute atomic E-state index is 13.2. The number of thioether (sulfide) groups is 1. The number of thiophene rings is 1. The van der Waals surface area contributed by atoms with Crippen LogP contribution in [-0.2, 0) is 15.8 Å². The Morgan fingerprint density at radius 2 is 1.60 bits per heavy atom. The van der Waals surface area contributed by atoms with E-state index < -0.39 is 29.5 Å². The molecule has 3 aromatic carbocycles. The predicted octanol–water partition coefficient (Wildman–Crippen LogP) is 6.91. The number of carbonyl (C=O) groups is 3. The van der Waals surface area contributed by atoms with Crippen LogP contribution in [-0.4, -0.2) is 23.5 Å². The van der Waals surface area contributed by atoms with E-state index in [1.807, 2.05) is 17.5 Å². The fraction of sp³-hybridized carbons (Fsp3) is 0.0690. The molecule has 0 aliphatic rings. The van der Waals surface area contributed by atoms with Crippen LogP contribution < -0.4 is 16.0 Å². The summed E-state index contributed by atoms with van der Waals surface area (Å²) < 4.78 is 39.6. The van der Waals surface area contributed by atoms with Gasteiger partial charge in [-0.15, -0.1) is 23.1 Å². The monoisotopic (exact) mass is 581 g/mol. The van der Waals surface area contributed by atoms with Crippen LogP contribution in [0.15, 0.2) is 107 Å². The molecule has 0 aliphatic carbocycles. The Morgan fingerprint density at radius 1 is 0.850 bits per heavy atom. The molecule has 0 atom stereocenters. The summed E-state index contributed by atoms with van der Waals surface area (Å²) in [6.07, 6.45) is -3.02. The Morgan fingerprint density at radius 3 is 2.33 bits per heavy atom. The van der Waals surface area contributed by atoms with Crippen LogP contribution in [0.1, 0.15) is 20.8 Å². The molecule has 0 aliphatic heterocycles. The van der Waals surface area contributed by atoms with Crippen molar-refractivity contribution >= 4 is 58.3 Å². The first-order valence-corrected chi connectivity index (χ1v) is 13.7. The average molecular weight is 582 g/mol. The lowest BCUT2D eigenvalue weighted by molar-refractivity contribution is -0.137. The third-order valence-corrected chi connectivity index (χ3v) is 7.14. The van der Waals surface area contributed by atoms with Crippen LogP contribution >= 0.6 is 23.1 Å².